The molecule has 1 aromatic heterocycles. The van der Waals surface area contributed by atoms with Crippen LogP contribution in [0.5, 0.6) is 0 Å². The van der Waals surface area contributed by atoms with Crippen LogP contribution < -0.4 is 9.46 Å². The molecule has 0 unspecified atom stereocenters. The number of hydrogen-bond donors (Lipinski definition) is 0. The van der Waals surface area contributed by atoms with Crippen LogP contribution in [-0.2, 0) is 27.2 Å². The molecule has 1 heterocycles. The summed E-state index contributed by atoms with van der Waals surface area (Å²) in [6.45, 7) is 3.47. The predicted octanol–water partition coefficient (Wildman–Crippen LogP) is 5.54. The summed E-state index contributed by atoms with van der Waals surface area (Å²) in [4.78, 5) is 9.95. The van der Waals surface area contributed by atoms with Crippen molar-refractivity contribution >= 4 is 7.82 Å². The highest BCUT2D eigenvalue weighted by Gasteiger charge is 2.00. The van der Waals surface area contributed by atoms with E-state index in [2.05, 4.69) is 50.9 Å². The van der Waals surface area contributed by atoms with Crippen molar-refractivity contribution in [3.8, 4) is 0 Å². The van der Waals surface area contributed by atoms with Crippen molar-refractivity contribution in [3.05, 3.63) is 18.7 Å². The Morgan fingerprint density at radius 2 is 1.24 bits per heavy atom. The first-order valence-corrected chi connectivity index (χ1v) is 12.8. The van der Waals surface area contributed by atoms with Gasteiger partial charge < -0.3 is 13.9 Å². The van der Waals surface area contributed by atoms with Gasteiger partial charge in [-0.05, 0) is 12.8 Å². The maximum absolute atomic E-state index is 9.95. The maximum Gasteiger partial charge on any atom is 0.267 e. The van der Waals surface area contributed by atoms with Gasteiger partial charge in [-0.25, -0.2) is 9.13 Å². The minimum Gasteiger partial charge on any atom is -0.756 e. The monoisotopic (exact) mass is 432 g/mol. The highest BCUT2D eigenvalue weighted by Crippen LogP contribution is 2.34. The molecule has 29 heavy (non-hydrogen) atoms. The molecule has 1 rings (SSSR count). The molecule has 0 N–H and O–H groups in total. The molecule has 0 saturated carbocycles. The Morgan fingerprint density at radius 1 is 0.828 bits per heavy atom. The van der Waals surface area contributed by atoms with E-state index in [-0.39, 0.29) is 0 Å². The van der Waals surface area contributed by atoms with Crippen molar-refractivity contribution in [2.45, 2.75) is 103 Å². The number of unbranched alkanes of at least 4 members (excludes halogenated alkanes) is 13. The third-order valence-electron chi connectivity index (χ3n) is 5.04. The average molecular weight is 433 g/mol. The van der Waals surface area contributed by atoms with E-state index in [1.165, 1.54) is 96.4 Å². The zero-order valence-electron chi connectivity index (χ0n) is 19.3. The van der Waals surface area contributed by atoms with Crippen LogP contribution in [0.25, 0.3) is 0 Å². The number of aromatic nitrogens is 2. The van der Waals surface area contributed by atoms with Gasteiger partial charge in [-0.3, -0.25) is 4.57 Å². The Balaban J connectivity index is 0.000000956. The topological polar surface area (TPSA) is 67.4 Å². The molecule has 0 aromatic carbocycles. The third-order valence-corrected chi connectivity index (χ3v) is 5.94. The molecule has 0 aliphatic carbocycles. The Hall–Kier alpha value is -0.680. The minimum atomic E-state index is -3.90. The second-order valence-electron chi connectivity index (χ2n) is 7.73. The molecular weight excluding hydrogens is 387 g/mol. The Bertz CT molecular complexity index is 515. The van der Waals surface area contributed by atoms with Gasteiger partial charge in [-0.1, -0.05) is 84.0 Å². The number of aryl methyl sites for hydroxylation is 2. The highest BCUT2D eigenvalue weighted by molar-refractivity contribution is 7.45. The van der Waals surface area contributed by atoms with E-state index >= 15 is 0 Å². The van der Waals surface area contributed by atoms with Crippen molar-refractivity contribution in [1.82, 2.24) is 4.57 Å². The first kappa shape index (κ1) is 28.3. The molecular formula is C22H45N2O4P. The van der Waals surface area contributed by atoms with E-state index in [0.29, 0.717) is 0 Å². The number of imidazole rings is 1. The minimum absolute atomic E-state index is 1.04. The van der Waals surface area contributed by atoms with Crippen molar-refractivity contribution in [2.75, 3.05) is 14.2 Å². The zero-order chi connectivity index (χ0) is 21.8. The Labute approximate surface area is 179 Å². The molecule has 6 nitrogen and oxygen atoms in total. The lowest BCUT2D eigenvalue weighted by atomic mass is 10.0. The molecule has 1 aromatic rings. The molecule has 0 radical (unpaired) electrons. The lowest BCUT2D eigenvalue weighted by molar-refractivity contribution is -0.671. The van der Waals surface area contributed by atoms with Crippen LogP contribution in [0.4, 0.5) is 0 Å². The molecule has 0 spiro atoms. The molecule has 7 heteroatoms. The van der Waals surface area contributed by atoms with Gasteiger partial charge in [0.15, 0.2) is 0 Å². The van der Waals surface area contributed by atoms with E-state index in [9.17, 15) is 9.46 Å². The average Bonchev–Trinajstić information content (AvgIpc) is 3.14. The molecule has 0 aliphatic rings. The molecule has 172 valence electrons. The largest absolute Gasteiger partial charge is 0.756 e. The lowest BCUT2D eigenvalue weighted by Gasteiger charge is -2.16. The van der Waals surface area contributed by atoms with E-state index in [0.717, 1.165) is 14.2 Å². The van der Waals surface area contributed by atoms with Crippen LogP contribution in [0.1, 0.15) is 96.8 Å². The molecule has 0 saturated heterocycles. The SMILES string of the molecule is CCCCCCCCCCCCCCCCn1cc[n+](C)c1.COP(=O)([O-])OC. The predicted molar refractivity (Wildman–Crippen MR) is 118 cm³/mol. The molecule has 0 amide bonds. The van der Waals surface area contributed by atoms with E-state index in [4.69, 9.17) is 0 Å². The van der Waals surface area contributed by atoms with Gasteiger partial charge in [0.1, 0.15) is 12.4 Å². The number of phosphoric acid groups is 1. The molecule has 0 bridgehead atoms. The highest BCUT2D eigenvalue weighted by atomic mass is 31.2. The fourth-order valence-corrected chi connectivity index (χ4v) is 3.35. The molecule has 0 fully saturated rings. The maximum atomic E-state index is 9.95. The van der Waals surface area contributed by atoms with Crippen LogP contribution in [0.15, 0.2) is 18.7 Å². The van der Waals surface area contributed by atoms with Gasteiger partial charge in [0.25, 0.3) is 7.82 Å². The number of rotatable bonds is 17. The van der Waals surface area contributed by atoms with E-state index in [1.807, 2.05) is 0 Å². The van der Waals surface area contributed by atoms with Crippen LogP contribution in [0.3, 0.4) is 0 Å². The third kappa shape index (κ3) is 19.1. The summed E-state index contributed by atoms with van der Waals surface area (Å²) >= 11 is 0. The second kappa shape index (κ2) is 19.3. The lowest BCUT2D eigenvalue weighted by Crippen LogP contribution is -2.23. The molecule has 0 aliphatic heterocycles. The fraction of sp³-hybridized carbons (Fsp3) is 0.864. The summed E-state index contributed by atoms with van der Waals surface area (Å²) < 4.78 is 22.1. The van der Waals surface area contributed by atoms with Crippen LogP contribution in [-0.4, -0.2) is 18.8 Å². The smallest absolute Gasteiger partial charge is 0.267 e. The summed E-state index contributed by atoms with van der Waals surface area (Å²) in [6, 6.07) is 0. The Morgan fingerprint density at radius 3 is 1.55 bits per heavy atom. The van der Waals surface area contributed by atoms with Crippen LogP contribution in [0.2, 0.25) is 0 Å². The first-order valence-electron chi connectivity index (χ1n) is 11.4. The summed E-state index contributed by atoms with van der Waals surface area (Å²) in [7, 11) is 0.259. The summed E-state index contributed by atoms with van der Waals surface area (Å²) in [5.41, 5.74) is 0. The quantitative estimate of drug-likeness (QED) is 0.184. The van der Waals surface area contributed by atoms with Crippen LogP contribution >= 0.6 is 7.82 Å². The number of hydrogen-bond acceptors (Lipinski definition) is 4. The van der Waals surface area contributed by atoms with Crippen molar-refractivity contribution in [2.24, 2.45) is 7.05 Å². The van der Waals surface area contributed by atoms with Crippen molar-refractivity contribution in [1.29, 1.82) is 0 Å². The number of nitrogens with zero attached hydrogens (tertiary/aromatic N) is 2. The van der Waals surface area contributed by atoms with Crippen LogP contribution in [0, 0.1) is 0 Å². The van der Waals surface area contributed by atoms with Gasteiger partial charge in [0, 0.05) is 14.2 Å². The Kier molecular flexibility index (Phi) is 18.8. The van der Waals surface area contributed by atoms with E-state index in [1.54, 1.807) is 0 Å². The first-order chi connectivity index (χ1) is 13.9. The summed E-state index contributed by atoms with van der Waals surface area (Å²) in [6.07, 6.45) is 26.5. The van der Waals surface area contributed by atoms with Gasteiger partial charge >= 0.3 is 0 Å². The van der Waals surface area contributed by atoms with Gasteiger partial charge in [0.05, 0.1) is 13.6 Å². The second-order valence-corrected chi connectivity index (χ2v) is 9.35. The van der Waals surface area contributed by atoms with Gasteiger partial charge in [-0.15, -0.1) is 0 Å². The number of phosphoric ester groups is 1. The standard InChI is InChI=1S/C20H39N2.C2H7O4P/c1-3-4-5-6-7-8-9-10-11-12-13-14-15-16-17-22-19-18-21(2)20-22;1-5-7(3,4)6-2/h18-20H,3-17H2,1-2H3;1-2H3,(H,3,4)/q+1;/p-1. The normalized spacial score (nSPS) is 11.3. The van der Waals surface area contributed by atoms with Crippen molar-refractivity contribution < 1.29 is 23.1 Å². The zero-order valence-corrected chi connectivity index (χ0v) is 20.2. The molecule has 0 atom stereocenters. The fourth-order valence-electron chi connectivity index (χ4n) is 3.20. The van der Waals surface area contributed by atoms with Gasteiger partial charge in [0.2, 0.25) is 6.33 Å². The summed E-state index contributed by atoms with van der Waals surface area (Å²) in [5.74, 6) is 0. The van der Waals surface area contributed by atoms with E-state index < -0.39 is 7.82 Å². The summed E-state index contributed by atoms with van der Waals surface area (Å²) in [5, 5.41) is 0. The van der Waals surface area contributed by atoms with Gasteiger partial charge in [-0.2, -0.15) is 0 Å². The van der Waals surface area contributed by atoms with Crippen molar-refractivity contribution in [3.63, 3.8) is 0 Å².